The number of carbonyl (C=O) groups excluding carboxylic acids is 2. The molecule has 1 N–H and O–H groups in total. The number of nitrogens with zero attached hydrogens (tertiary/aromatic N) is 3. The van der Waals surface area contributed by atoms with Gasteiger partial charge in [-0.25, -0.2) is 4.68 Å². The van der Waals surface area contributed by atoms with Crippen LogP contribution in [0.4, 0.5) is 5.82 Å². The molecule has 2 aromatic carbocycles. The second-order valence-corrected chi connectivity index (χ2v) is 10.1. The van der Waals surface area contributed by atoms with E-state index in [1.54, 1.807) is 41.0 Å². The standard InChI is InChI=1S/C28H36N4O3/c1-18(2)31(27(34)21-12-14-22(35-8)15-13-21)17-26(33)29-25-16-24(28(5,6)7)30-32(25)23-11-9-10-19(3)20(23)4/h9-16,18H,17H2,1-8H3,(H,29,33). The van der Waals surface area contributed by atoms with Crippen molar-refractivity contribution >= 4 is 17.6 Å². The van der Waals surface area contributed by atoms with Gasteiger partial charge in [0.15, 0.2) is 0 Å². The van der Waals surface area contributed by atoms with Crippen LogP contribution in [0.2, 0.25) is 0 Å². The van der Waals surface area contributed by atoms with Crippen LogP contribution in [-0.4, -0.2) is 46.2 Å². The van der Waals surface area contributed by atoms with E-state index in [0.717, 1.165) is 22.5 Å². The van der Waals surface area contributed by atoms with E-state index in [-0.39, 0.29) is 29.8 Å². The topological polar surface area (TPSA) is 76.5 Å². The number of aromatic nitrogens is 2. The van der Waals surface area contributed by atoms with Gasteiger partial charge in [0.2, 0.25) is 5.91 Å². The summed E-state index contributed by atoms with van der Waals surface area (Å²) in [4.78, 5) is 27.9. The Bertz CT molecular complexity index is 1200. The van der Waals surface area contributed by atoms with Gasteiger partial charge in [0, 0.05) is 23.1 Å². The van der Waals surface area contributed by atoms with E-state index in [1.165, 1.54) is 0 Å². The predicted molar refractivity (Wildman–Crippen MR) is 140 cm³/mol. The lowest BCUT2D eigenvalue weighted by Gasteiger charge is -2.26. The summed E-state index contributed by atoms with van der Waals surface area (Å²) >= 11 is 0. The van der Waals surface area contributed by atoms with E-state index in [0.29, 0.717) is 17.1 Å². The Morgan fingerprint density at radius 2 is 1.74 bits per heavy atom. The van der Waals surface area contributed by atoms with Crippen LogP contribution in [0.5, 0.6) is 5.75 Å². The van der Waals surface area contributed by atoms with E-state index >= 15 is 0 Å². The zero-order chi connectivity index (χ0) is 25.9. The molecule has 7 nitrogen and oxygen atoms in total. The number of nitrogens with one attached hydrogen (secondary N) is 1. The van der Waals surface area contributed by atoms with Gasteiger partial charge < -0.3 is 15.0 Å². The van der Waals surface area contributed by atoms with Crippen molar-refractivity contribution < 1.29 is 14.3 Å². The quantitative estimate of drug-likeness (QED) is 0.503. The minimum absolute atomic E-state index is 0.0780. The van der Waals surface area contributed by atoms with Crippen molar-refractivity contribution in [3.05, 3.63) is 70.9 Å². The number of carbonyl (C=O) groups is 2. The lowest BCUT2D eigenvalue weighted by molar-refractivity contribution is -0.117. The Balaban J connectivity index is 1.89. The van der Waals surface area contributed by atoms with Crippen molar-refractivity contribution in [3.63, 3.8) is 0 Å². The highest BCUT2D eigenvalue weighted by Gasteiger charge is 2.25. The van der Waals surface area contributed by atoms with E-state index in [2.05, 4.69) is 39.1 Å². The molecule has 0 aliphatic carbocycles. The summed E-state index contributed by atoms with van der Waals surface area (Å²) in [5.41, 5.74) is 4.31. The molecule has 7 heteroatoms. The number of hydrogen-bond acceptors (Lipinski definition) is 4. The van der Waals surface area contributed by atoms with Gasteiger partial charge >= 0.3 is 0 Å². The SMILES string of the molecule is COc1ccc(C(=O)N(CC(=O)Nc2cc(C(C)(C)C)nn2-c2cccc(C)c2C)C(C)C)cc1. The van der Waals surface area contributed by atoms with E-state index in [9.17, 15) is 9.59 Å². The third kappa shape index (κ3) is 5.91. The van der Waals surface area contributed by atoms with Crippen LogP contribution in [0.1, 0.15) is 61.8 Å². The summed E-state index contributed by atoms with van der Waals surface area (Å²) < 4.78 is 6.96. The first kappa shape index (κ1) is 26.0. The Labute approximate surface area is 208 Å². The van der Waals surface area contributed by atoms with Crippen LogP contribution < -0.4 is 10.1 Å². The van der Waals surface area contributed by atoms with Crippen molar-refractivity contribution in [1.29, 1.82) is 0 Å². The summed E-state index contributed by atoms with van der Waals surface area (Å²) in [5, 5.41) is 7.84. The second-order valence-electron chi connectivity index (χ2n) is 10.1. The monoisotopic (exact) mass is 476 g/mol. The zero-order valence-corrected chi connectivity index (χ0v) is 22.0. The van der Waals surface area contributed by atoms with Gasteiger partial charge in [-0.2, -0.15) is 5.10 Å². The van der Waals surface area contributed by atoms with Crippen molar-refractivity contribution in [2.45, 2.75) is 59.9 Å². The lowest BCUT2D eigenvalue weighted by Crippen LogP contribution is -2.42. The molecule has 0 radical (unpaired) electrons. The van der Waals surface area contributed by atoms with Crippen LogP contribution in [0, 0.1) is 13.8 Å². The highest BCUT2D eigenvalue weighted by Crippen LogP contribution is 2.28. The molecule has 186 valence electrons. The van der Waals surface area contributed by atoms with Gasteiger partial charge in [0.05, 0.1) is 18.5 Å². The molecule has 0 aliphatic heterocycles. The Morgan fingerprint density at radius 3 is 2.31 bits per heavy atom. The van der Waals surface area contributed by atoms with Gasteiger partial charge in [-0.3, -0.25) is 9.59 Å². The van der Waals surface area contributed by atoms with E-state index in [4.69, 9.17) is 9.84 Å². The molecule has 0 saturated heterocycles. The number of aryl methyl sites for hydroxylation is 1. The second kappa shape index (κ2) is 10.3. The number of ether oxygens (including phenoxy) is 1. The van der Waals surface area contributed by atoms with Crippen LogP contribution in [-0.2, 0) is 10.2 Å². The smallest absolute Gasteiger partial charge is 0.254 e. The fraction of sp³-hybridized carbons (Fsp3) is 0.393. The van der Waals surface area contributed by atoms with Crippen LogP contribution in [0.15, 0.2) is 48.5 Å². The molecule has 1 aromatic heterocycles. The summed E-state index contributed by atoms with van der Waals surface area (Å²) in [7, 11) is 1.58. The maximum Gasteiger partial charge on any atom is 0.254 e. The Kier molecular flexibility index (Phi) is 7.68. The van der Waals surface area contributed by atoms with Crippen LogP contribution >= 0.6 is 0 Å². The molecule has 0 unspecified atom stereocenters. The largest absolute Gasteiger partial charge is 0.497 e. The van der Waals surface area contributed by atoms with Crippen LogP contribution in [0.25, 0.3) is 5.69 Å². The maximum atomic E-state index is 13.2. The average Bonchev–Trinajstić information content (AvgIpc) is 3.22. The molecule has 0 atom stereocenters. The Hall–Kier alpha value is -3.61. The zero-order valence-electron chi connectivity index (χ0n) is 22.0. The molecule has 3 aromatic rings. The fourth-order valence-corrected chi connectivity index (χ4v) is 3.71. The van der Waals surface area contributed by atoms with Gasteiger partial charge in [0.1, 0.15) is 18.1 Å². The lowest BCUT2D eigenvalue weighted by atomic mass is 9.92. The highest BCUT2D eigenvalue weighted by atomic mass is 16.5. The molecular weight excluding hydrogens is 440 g/mol. The summed E-state index contributed by atoms with van der Waals surface area (Å²) in [6.07, 6.45) is 0. The average molecular weight is 477 g/mol. The molecule has 0 spiro atoms. The molecule has 35 heavy (non-hydrogen) atoms. The fourth-order valence-electron chi connectivity index (χ4n) is 3.71. The first-order valence-corrected chi connectivity index (χ1v) is 11.8. The molecule has 0 fully saturated rings. The summed E-state index contributed by atoms with van der Waals surface area (Å²) in [6.45, 7) is 14.1. The predicted octanol–water partition coefficient (Wildman–Crippen LogP) is 5.28. The van der Waals surface area contributed by atoms with Gasteiger partial charge in [-0.15, -0.1) is 0 Å². The van der Waals surface area contributed by atoms with Crippen molar-refractivity contribution in [1.82, 2.24) is 14.7 Å². The number of methoxy groups -OCH3 is 1. The normalized spacial score (nSPS) is 11.5. The van der Waals surface area contributed by atoms with Crippen molar-refractivity contribution in [2.75, 3.05) is 19.0 Å². The number of benzene rings is 2. The Morgan fingerprint density at radius 1 is 1.09 bits per heavy atom. The molecule has 0 saturated carbocycles. The molecule has 1 heterocycles. The molecule has 3 rings (SSSR count). The number of amides is 2. The highest BCUT2D eigenvalue weighted by molar-refractivity contribution is 5.99. The van der Waals surface area contributed by atoms with E-state index < -0.39 is 0 Å². The summed E-state index contributed by atoms with van der Waals surface area (Å²) in [5.74, 6) is 0.752. The maximum absolute atomic E-state index is 13.2. The van der Waals surface area contributed by atoms with Gasteiger partial charge in [-0.05, 0) is 69.2 Å². The van der Waals surface area contributed by atoms with Crippen molar-refractivity contribution in [2.24, 2.45) is 0 Å². The van der Waals surface area contributed by atoms with Gasteiger partial charge in [-0.1, -0.05) is 32.9 Å². The molecule has 0 aliphatic rings. The van der Waals surface area contributed by atoms with Gasteiger partial charge in [0.25, 0.3) is 5.91 Å². The first-order valence-electron chi connectivity index (χ1n) is 11.8. The van der Waals surface area contributed by atoms with Crippen molar-refractivity contribution in [3.8, 4) is 11.4 Å². The van der Waals surface area contributed by atoms with E-state index in [1.807, 2.05) is 39.0 Å². The number of anilines is 1. The molecular formula is C28H36N4O3. The van der Waals surface area contributed by atoms with Crippen LogP contribution in [0.3, 0.4) is 0 Å². The third-order valence-corrected chi connectivity index (χ3v) is 6.08. The minimum atomic E-state index is -0.285. The summed E-state index contributed by atoms with van der Waals surface area (Å²) in [6, 6.07) is 14.7. The molecule has 2 amide bonds. The first-order chi connectivity index (χ1) is 16.4. The third-order valence-electron chi connectivity index (χ3n) is 6.08. The number of rotatable bonds is 7. The number of hydrogen-bond donors (Lipinski definition) is 1. The minimum Gasteiger partial charge on any atom is -0.497 e. The molecule has 0 bridgehead atoms.